The summed E-state index contributed by atoms with van der Waals surface area (Å²) in [5, 5.41) is 9.88. The molecule has 6 heteroatoms. The lowest BCUT2D eigenvalue weighted by atomic mass is 10.3. The Balaban J connectivity index is 2.08. The fraction of sp³-hybridized carbons (Fsp3) is 0.417. The van der Waals surface area contributed by atoms with E-state index in [0.29, 0.717) is 6.54 Å². The molecule has 0 saturated heterocycles. The van der Waals surface area contributed by atoms with Crippen molar-refractivity contribution in [3.63, 3.8) is 0 Å². The van der Waals surface area contributed by atoms with Gasteiger partial charge in [-0.1, -0.05) is 12.1 Å². The molecule has 2 aromatic rings. The van der Waals surface area contributed by atoms with Crippen molar-refractivity contribution in [3.8, 4) is 0 Å². The third-order valence-electron chi connectivity index (χ3n) is 2.44. The number of aromatic nitrogens is 3. The second-order valence-corrected chi connectivity index (χ2v) is 3.89. The Labute approximate surface area is 106 Å². The molecule has 2 aromatic heterocycles. The summed E-state index contributed by atoms with van der Waals surface area (Å²) in [6.07, 6.45) is 3.51. The van der Waals surface area contributed by atoms with Gasteiger partial charge in [-0.3, -0.25) is 0 Å². The monoisotopic (exact) mass is 247 g/mol. The molecule has 0 aromatic carbocycles. The van der Waals surface area contributed by atoms with Gasteiger partial charge in [0.2, 0.25) is 0 Å². The van der Waals surface area contributed by atoms with Crippen molar-refractivity contribution < 1.29 is 4.52 Å². The molecule has 0 saturated carbocycles. The Morgan fingerprint density at radius 3 is 2.78 bits per heavy atom. The van der Waals surface area contributed by atoms with E-state index in [1.54, 1.807) is 6.20 Å². The molecule has 96 valence electrons. The van der Waals surface area contributed by atoms with Gasteiger partial charge in [-0.05, 0) is 6.42 Å². The number of rotatable bonds is 6. The number of aryl methyl sites for hydroxylation is 1. The van der Waals surface area contributed by atoms with Gasteiger partial charge in [0.1, 0.15) is 17.5 Å². The molecule has 0 atom stereocenters. The molecular formula is C12H17N5O. The summed E-state index contributed by atoms with van der Waals surface area (Å²) in [5.41, 5.74) is 0. The second kappa shape index (κ2) is 6.00. The predicted octanol–water partition coefficient (Wildman–Crippen LogP) is 2.07. The molecule has 0 aliphatic carbocycles. The third-order valence-corrected chi connectivity index (χ3v) is 2.44. The number of hydrogen-bond donors (Lipinski definition) is 2. The lowest BCUT2D eigenvalue weighted by Gasteiger charge is -2.08. The topological polar surface area (TPSA) is 75.9 Å². The van der Waals surface area contributed by atoms with Crippen LogP contribution in [0.3, 0.4) is 0 Å². The van der Waals surface area contributed by atoms with E-state index in [1.165, 1.54) is 0 Å². The molecular weight excluding hydrogens is 230 g/mol. The van der Waals surface area contributed by atoms with Crippen LogP contribution in [0.1, 0.15) is 24.9 Å². The van der Waals surface area contributed by atoms with Gasteiger partial charge >= 0.3 is 0 Å². The first-order chi connectivity index (χ1) is 8.81. The van der Waals surface area contributed by atoms with Crippen molar-refractivity contribution in [2.75, 3.05) is 17.7 Å². The first-order valence-electron chi connectivity index (χ1n) is 6.01. The van der Waals surface area contributed by atoms with Crippen LogP contribution in [0, 0.1) is 0 Å². The standard InChI is InChI=1S/C12H17N5O/c1-3-4-10-16-11(13-2)7-12(17-10)14-8-9-5-6-15-18-9/h5-7H,3-4,8H2,1-2H3,(H2,13,14,16,17). The molecule has 2 N–H and O–H groups in total. The smallest absolute Gasteiger partial charge is 0.155 e. The minimum Gasteiger partial charge on any atom is -0.373 e. The fourth-order valence-corrected chi connectivity index (χ4v) is 1.56. The van der Waals surface area contributed by atoms with Crippen molar-refractivity contribution in [2.45, 2.75) is 26.3 Å². The molecule has 18 heavy (non-hydrogen) atoms. The number of anilines is 2. The lowest BCUT2D eigenvalue weighted by Crippen LogP contribution is -2.06. The fourth-order valence-electron chi connectivity index (χ4n) is 1.56. The van der Waals surface area contributed by atoms with Crippen molar-refractivity contribution >= 4 is 11.6 Å². The third kappa shape index (κ3) is 3.19. The maximum absolute atomic E-state index is 5.02. The largest absolute Gasteiger partial charge is 0.373 e. The summed E-state index contributed by atoms with van der Waals surface area (Å²) >= 11 is 0. The van der Waals surface area contributed by atoms with Gasteiger partial charge in [0.15, 0.2) is 5.76 Å². The zero-order chi connectivity index (χ0) is 12.8. The van der Waals surface area contributed by atoms with Gasteiger partial charge in [-0.15, -0.1) is 0 Å². The predicted molar refractivity (Wildman–Crippen MR) is 69.4 cm³/mol. The van der Waals surface area contributed by atoms with E-state index in [0.717, 1.165) is 36.1 Å². The molecule has 0 radical (unpaired) electrons. The van der Waals surface area contributed by atoms with Crippen LogP contribution < -0.4 is 10.6 Å². The number of nitrogens with one attached hydrogen (secondary N) is 2. The zero-order valence-corrected chi connectivity index (χ0v) is 10.6. The molecule has 0 spiro atoms. The molecule has 6 nitrogen and oxygen atoms in total. The summed E-state index contributed by atoms with van der Waals surface area (Å²) in [7, 11) is 1.85. The highest BCUT2D eigenvalue weighted by molar-refractivity contribution is 5.47. The number of nitrogens with zero attached hydrogens (tertiary/aromatic N) is 3. The van der Waals surface area contributed by atoms with Gasteiger partial charge in [0.25, 0.3) is 0 Å². The van der Waals surface area contributed by atoms with Crippen LogP contribution in [-0.2, 0) is 13.0 Å². The highest BCUT2D eigenvalue weighted by Crippen LogP contribution is 2.13. The maximum atomic E-state index is 5.02. The molecule has 2 heterocycles. The maximum Gasteiger partial charge on any atom is 0.155 e. The summed E-state index contributed by atoms with van der Waals surface area (Å²) in [5.74, 6) is 3.21. The Hall–Kier alpha value is -2.11. The summed E-state index contributed by atoms with van der Waals surface area (Å²) in [4.78, 5) is 8.83. The quantitative estimate of drug-likeness (QED) is 0.813. The molecule has 0 bridgehead atoms. The lowest BCUT2D eigenvalue weighted by molar-refractivity contribution is 0.388. The van der Waals surface area contributed by atoms with Crippen LogP contribution in [0.2, 0.25) is 0 Å². The summed E-state index contributed by atoms with van der Waals surface area (Å²) in [6, 6.07) is 3.69. The van der Waals surface area contributed by atoms with Crippen LogP contribution in [0.5, 0.6) is 0 Å². The van der Waals surface area contributed by atoms with E-state index in [9.17, 15) is 0 Å². The van der Waals surface area contributed by atoms with E-state index >= 15 is 0 Å². The first-order valence-corrected chi connectivity index (χ1v) is 6.01. The van der Waals surface area contributed by atoms with Crippen LogP contribution in [0.15, 0.2) is 22.9 Å². The second-order valence-electron chi connectivity index (χ2n) is 3.89. The van der Waals surface area contributed by atoms with E-state index in [1.807, 2.05) is 19.2 Å². The van der Waals surface area contributed by atoms with Crippen LogP contribution in [-0.4, -0.2) is 22.2 Å². The van der Waals surface area contributed by atoms with E-state index < -0.39 is 0 Å². The van der Waals surface area contributed by atoms with Gasteiger partial charge in [-0.25, -0.2) is 9.97 Å². The molecule has 0 amide bonds. The molecule has 0 aliphatic rings. The Morgan fingerprint density at radius 2 is 2.11 bits per heavy atom. The molecule has 0 aliphatic heterocycles. The molecule has 2 rings (SSSR count). The highest BCUT2D eigenvalue weighted by Gasteiger charge is 2.04. The van der Waals surface area contributed by atoms with Gasteiger partial charge in [0.05, 0.1) is 12.7 Å². The van der Waals surface area contributed by atoms with Crippen molar-refractivity contribution in [3.05, 3.63) is 29.9 Å². The van der Waals surface area contributed by atoms with E-state index in [4.69, 9.17) is 4.52 Å². The van der Waals surface area contributed by atoms with Gasteiger partial charge < -0.3 is 15.2 Å². The van der Waals surface area contributed by atoms with E-state index in [2.05, 4.69) is 32.7 Å². The molecule has 0 unspecified atom stereocenters. The average Bonchev–Trinajstić information content (AvgIpc) is 2.89. The minimum atomic E-state index is 0.561. The normalized spacial score (nSPS) is 10.3. The van der Waals surface area contributed by atoms with Crippen LogP contribution in [0.4, 0.5) is 11.6 Å². The summed E-state index contributed by atoms with van der Waals surface area (Å²) in [6.45, 7) is 2.67. The zero-order valence-electron chi connectivity index (χ0n) is 10.6. The Morgan fingerprint density at radius 1 is 1.28 bits per heavy atom. The van der Waals surface area contributed by atoms with Crippen molar-refractivity contribution in [1.29, 1.82) is 0 Å². The van der Waals surface area contributed by atoms with E-state index in [-0.39, 0.29) is 0 Å². The van der Waals surface area contributed by atoms with Gasteiger partial charge in [0, 0.05) is 25.6 Å². The SMILES string of the molecule is CCCc1nc(NC)cc(NCc2ccno2)n1. The number of hydrogen-bond acceptors (Lipinski definition) is 6. The van der Waals surface area contributed by atoms with Crippen molar-refractivity contribution in [2.24, 2.45) is 0 Å². The average molecular weight is 247 g/mol. The highest BCUT2D eigenvalue weighted by atomic mass is 16.5. The Kier molecular flexibility index (Phi) is 4.11. The summed E-state index contributed by atoms with van der Waals surface area (Å²) < 4.78 is 5.02. The van der Waals surface area contributed by atoms with Crippen molar-refractivity contribution in [1.82, 2.24) is 15.1 Å². The minimum absolute atomic E-state index is 0.561. The van der Waals surface area contributed by atoms with Gasteiger partial charge in [-0.2, -0.15) is 0 Å². The molecule has 0 fully saturated rings. The first kappa shape index (κ1) is 12.3. The van der Waals surface area contributed by atoms with Crippen LogP contribution >= 0.6 is 0 Å². The van der Waals surface area contributed by atoms with Crippen LogP contribution in [0.25, 0.3) is 0 Å². The Bertz CT molecular complexity index is 483.